The van der Waals surface area contributed by atoms with Crippen LogP contribution in [0, 0.1) is 0 Å². The maximum absolute atomic E-state index is 11.8. The molecule has 1 N–H and O–H groups in total. The number of amidine groups is 1. The molecule has 4 rings (SSSR count). The van der Waals surface area contributed by atoms with Crippen LogP contribution in [0.4, 0.5) is 5.69 Å². The van der Waals surface area contributed by atoms with Crippen LogP contribution >= 0.6 is 15.9 Å². The molecule has 0 radical (unpaired) electrons. The third-order valence-electron chi connectivity index (χ3n) is 5.41. The molecule has 5 heteroatoms. The van der Waals surface area contributed by atoms with Gasteiger partial charge in [0, 0.05) is 16.5 Å². The summed E-state index contributed by atoms with van der Waals surface area (Å²) >= 11 is 3.49. The number of β-amino-alcohol motifs (C(OH)–C–C–N with tert-alkyl or cyclic N) is 1. The smallest absolute Gasteiger partial charge is 0.271 e. The molecule has 0 bridgehead atoms. The number of benzene rings is 2. The average Bonchev–Trinajstić information content (AvgIpc) is 2.82. The molecule has 2 aliphatic rings. The summed E-state index contributed by atoms with van der Waals surface area (Å²) < 4.78 is 8.82. The van der Waals surface area contributed by atoms with Crippen LogP contribution in [0.5, 0.6) is 5.75 Å². The third kappa shape index (κ3) is 2.93. The quantitative estimate of drug-likeness (QED) is 0.766. The van der Waals surface area contributed by atoms with E-state index < -0.39 is 5.72 Å². The Labute approximate surface area is 162 Å². The average molecular weight is 416 g/mol. The van der Waals surface area contributed by atoms with Gasteiger partial charge in [-0.05, 0) is 43.5 Å². The fourth-order valence-corrected chi connectivity index (χ4v) is 4.38. The van der Waals surface area contributed by atoms with E-state index in [1.807, 2.05) is 42.5 Å². The highest BCUT2D eigenvalue weighted by Crippen LogP contribution is 2.38. The molecular weight excluding hydrogens is 392 g/mol. The Balaban J connectivity index is 1.83. The highest BCUT2D eigenvalue weighted by atomic mass is 79.9. The van der Waals surface area contributed by atoms with Gasteiger partial charge >= 0.3 is 0 Å². The molecule has 0 unspecified atom stereocenters. The monoisotopic (exact) mass is 415 g/mol. The van der Waals surface area contributed by atoms with Crippen molar-refractivity contribution in [2.75, 3.05) is 25.1 Å². The van der Waals surface area contributed by atoms with Gasteiger partial charge in [-0.1, -0.05) is 40.2 Å². The molecule has 1 atom stereocenters. The van der Waals surface area contributed by atoms with Crippen LogP contribution in [-0.4, -0.2) is 35.7 Å². The number of nitrogens with zero attached hydrogens (tertiary/aromatic N) is 2. The minimum absolute atomic E-state index is 0.504. The van der Waals surface area contributed by atoms with E-state index in [1.165, 1.54) is 12.3 Å². The van der Waals surface area contributed by atoms with Crippen LogP contribution < -0.4 is 9.64 Å². The lowest BCUT2D eigenvalue weighted by Gasteiger charge is -2.23. The van der Waals surface area contributed by atoms with Crippen LogP contribution in [0.1, 0.15) is 31.2 Å². The lowest BCUT2D eigenvalue weighted by Crippen LogP contribution is -2.41. The normalized spacial score (nSPS) is 23.0. The molecule has 0 aromatic heterocycles. The summed E-state index contributed by atoms with van der Waals surface area (Å²) in [6.07, 6.45) is 4.41. The first-order valence-electron chi connectivity index (χ1n) is 9.16. The predicted octanol–water partition coefficient (Wildman–Crippen LogP) is 4.11. The molecule has 2 aromatic carbocycles. The molecule has 136 valence electrons. The van der Waals surface area contributed by atoms with E-state index in [0.29, 0.717) is 6.54 Å². The molecule has 0 saturated carbocycles. The molecule has 26 heavy (non-hydrogen) atoms. The van der Waals surface area contributed by atoms with Crippen molar-refractivity contribution < 1.29 is 14.4 Å². The first kappa shape index (κ1) is 17.6. The van der Waals surface area contributed by atoms with Gasteiger partial charge in [0.1, 0.15) is 0 Å². The van der Waals surface area contributed by atoms with E-state index in [0.717, 1.165) is 47.3 Å². The number of para-hydroxylation sites is 2. The molecule has 2 heterocycles. The topological polar surface area (TPSA) is 35.7 Å². The molecule has 2 aromatic rings. The fourth-order valence-electron chi connectivity index (χ4n) is 4.11. The standard InChI is InChI=1S/C21H24BrN2O2/c1-26-19-8-5-4-7-18(19)23-15-21(25,16-10-12-17(22)13-11-16)24-14-6-2-3-9-20(23)24/h4-5,7-8,10-13,25H,2-3,6,9,14-15H2,1H3/q+1/t21-/m0/s1. The van der Waals surface area contributed by atoms with E-state index >= 15 is 0 Å². The summed E-state index contributed by atoms with van der Waals surface area (Å²) in [7, 11) is 1.70. The van der Waals surface area contributed by atoms with Crippen molar-refractivity contribution >= 4 is 27.5 Å². The molecular formula is C21H24BrN2O2+. The number of hydrogen-bond donors (Lipinski definition) is 1. The minimum atomic E-state index is -1.03. The second-order valence-corrected chi connectivity index (χ2v) is 7.88. The predicted molar refractivity (Wildman–Crippen MR) is 107 cm³/mol. The van der Waals surface area contributed by atoms with E-state index in [2.05, 4.69) is 31.5 Å². The van der Waals surface area contributed by atoms with Gasteiger partial charge in [-0.15, -0.1) is 0 Å². The zero-order valence-electron chi connectivity index (χ0n) is 15.0. The van der Waals surface area contributed by atoms with Crippen molar-refractivity contribution in [2.24, 2.45) is 0 Å². The number of halogens is 1. The van der Waals surface area contributed by atoms with Crippen LogP contribution in [0.2, 0.25) is 0 Å². The van der Waals surface area contributed by atoms with Crippen molar-refractivity contribution in [3.8, 4) is 5.75 Å². The van der Waals surface area contributed by atoms with Crippen LogP contribution in [0.15, 0.2) is 53.0 Å². The Morgan fingerprint density at radius 1 is 1.08 bits per heavy atom. The summed E-state index contributed by atoms with van der Waals surface area (Å²) in [4.78, 5) is 2.24. The van der Waals surface area contributed by atoms with E-state index in [-0.39, 0.29) is 0 Å². The Bertz CT molecular complexity index is 834. The number of anilines is 1. The van der Waals surface area contributed by atoms with Gasteiger partial charge in [0.25, 0.3) is 11.6 Å². The Morgan fingerprint density at radius 2 is 1.85 bits per heavy atom. The Kier molecular flexibility index (Phi) is 4.76. The van der Waals surface area contributed by atoms with Crippen molar-refractivity contribution in [2.45, 2.75) is 31.4 Å². The van der Waals surface area contributed by atoms with Crippen LogP contribution in [-0.2, 0) is 5.72 Å². The summed E-state index contributed by atoms with van der Waals surface area (Å²) in [6.45, 7) is 1.37. The fraction of sp³-hybridized carbons (Fsp3) is 0.381. The van der Waals surface area contributed by atoms with Crippen molar-refractivity contribution in [1.82, 2.24) is 0 Å². The lowest BCUT2D eigenvalue weighted by atomic mass is 10.0. The first-order valence-corrected chi connectivity index (χ1v) is 9.95. The van der Waals surface area contributed by atoms with Gasteiger partial charge in [-0.2, -0.15) is 0 Å². The molecule has 4 nitrogen and oxygen atoms in total. The maximum atomic E-state index is 11.8. The largest absolute Gasteiger partial charge is 0.492 e. The van der Waals surface area contributed by atoms with E-state index in [4.69, 9.17) is 4.74 Å². The number of methoxy groups -OCH3 is 1. The molecule has 0 spiro atoms. The SMILES string of the molecule is COc1ccccc1N1C[C@](O)(c2ccc(Br)cc2)[N+]2=C1CCCCC2. The third-order valence-corrected chi connectivity index (χ3v) is 5.94. The Morgan fingerprint density at radius 3 is 2.62 bits per heavy atom. The number of ether oxygens (including phenoxy) is 1. The van der Waals surface area contributed by atoms with E-state index in [9.17, 15) is 5.11 Å². The number of rotatable bonds is 3. The van der Waals surface area contributed by atoms with Crippen LogP contribution in [0.3, 0.4) is 0 Å². The summed E-state index contributed by atoms with van der Waals surface area (Å²) in [6, 6.07) is 16.1. The van der Waals surface area contributed by atoms with Gasteiger partial charge < -0.3 is 9.84 Å². The molecule has 0 aliphatic carbocycles. The maximum Gasteiger partial charge on any atom is 0.271 e. The molecule has 2 aliphatic heterocycles. The second kappa shape index (κ2) is 7.05. The summed E-state index contributed by atoms with van der Waals surface area (Å²) in [5.74, 6) is 2.03. The number of aliphatic hydroxyl groups is 1. The molecule has 0 fully saturated rings. The second-order valence-electron chi connectivity index (χ2n) is 6.96. The van der Waals surface area contributed by atoms with Gasteiger partial charge in [-0.3, -0.25) is 0 Å². The van der Waals surface area contributed by atoms with Gasteiger partial charge in [0.2, 0.25) is 0 Å². The van der Waals surface area contributed by atoms with Crippen LogP contribution in [0.25, 0.3) is 0 Å². The zero-order valence-corrected chi connectivity index (χ0v) is 16.6. The highest BCUT2D eigenvalue weighted by Gasteiger charge is 2.52. The van der Waals surface area contributed by atoms with Gasteiger partial charge in [-0.25, -0.2) is 9.48 Å². The van der Waals surface area contributed by atoms with Gasteiger partial charge in [0.05, 0.1) is 13.7 Å². The molecule has 0 amide bonds. The van der Waals surface area contributed by atoms with Crippen molar-refractivity contribution in [3.63, 3.8) is 0 Å². The Hall–Kier alpha value is -1.85. The molecule has 0 saturated heterocycles. The zero-order chi connectivity index (χ0) is 18.1. The number of hydrogen-bond acceptors (Lipinski definition) is 3. The first-order chi connectivity index (χ1) is 12.6. The lowest BCUT2D eigenvalue weighted by molar-refractivity contribution is -0.658. The van der Waals surface area contributed by atoms with Gasteiger partial charge in [0.15, 0.2) is 18.0 Å². The summed E-state index contributed by atoms with van der Waals surface area (Å²) in [5.41, 5.74) is 0.920. The van der Waals surface area contributed by atoms with Crippen molar-refractivity contribution in [3.05, 3.63) is 58.6 Å². The summed E-state index contributed by atoms with van der Waals surface area (Å²) in [5, 5.41) is 11.8. The van der Waals surface area contributed by atoms with Crippen molar-refractivity contribution in [1.29, 1.82) is 0 Å². The highest BCUT2D eigenvalue weighted by molar-refractivity contribution is 9.10. The van der Waals surface area contributed by atoms with E-state index in [1.54, 1.807) is 7.11 Å². The minimum Gasteiger partial charge on any atom is -0.492 e.